The zero-order valence-electron chi connectivity index (χ0n) is 18.2. The number of benzene rings is 2. The first kappa shape index (κ1) is 20.8. The van der Waals surface area contributed by atoms with Gasteiger partial charge in [-0.1, -0.05) is 30.3 Å². The Bertz CT molecular complexity index is 1320. The molecule has 0 radical (unpaired) electrons. The number of H-pyrrole nitrogens is 1. The minimum Gasteiger partial charge on any atom is -0.496 e. The molecule has 4 aromatic rings. The van der Waals surface area contributed by atoms with Crippen LogP contribution in [0, 0.1) is 0 Å². The van der Waals surface area contributed by atoms with Gasteiger partial charge in [0.2, 0.25) is 5.91 Å². The van der Waals surface area contributed by atoms with Crippen molar-refractivity contribution in [2.45, 2.75) is 12.5 Å². The summed E-state index contributed by atoms with van der Waals surface area (Å²) in [5.41, 5.74) is 4.36. The largest absolute Gasteiger partial charge is 0.496 e. The lowest BCUT2D eigenvalue weighted by molar-refractivity contribution is -0.127. The molecule has 1 aliphatic rings. The van der Waals surface area contributed by atoms with E-state index in [2.05, 4.69) is 21.4 Å². The Balaban J connectivity index is 1.43. The summed E-state index contributed by atoms with van der Waals surface area (Å²) in [5.74, 6) is 0.361. The molecule has 0 saturated carbocycles. The summed E-state index contributed by atoms with van der Waals surface area (Å²) in [6, 6.07) is 18.8. The molecule has 1 fully saturated rings. The quantitative estimate of drug-likeness (QED) is 0.498. The van der Waals surface area contributed by atoms with Gasteiger partial charge in [0, 0.05) is 42.8 Å². The van der Waals surface area contributed by atoms with Crippen LogP contribution in [-0.2, 0) is 11.2 Å². The van der Waals surface area contributed by atoms with E-state index < -0.39 is 6.04 Å². The predicted octanol–water partition coefficient (Wildman–Crippen LogP) is 3.42. The van der Waals surface area contributed by atoms with Gasteiger partial charge < -0.3 is 19.9 Å². The van der Waals surface area contributed by atoms with Gasteiger partial charge in [0.25, 0.3) is 5.91 Å². The van der Waals surface area contributed by atoms with Crippen molar-refractivity contribution in [3.05, 3.63) is 84.3 Å². The van der Waals surface area contributed by atoms with Crippen LogP contribution < -0.4 is 10.1 Å². The highest BCUT2D eigenvalue weighted by Gasteiger charge is 2.34. The van der Waals surface area contributed by atoms with E-state index in [1.54, 1.807) is 30.5 Å². The standard InChI is InChI=1S/C26H24N4O3/c1-33-24-7-3-6-21-20(24)16-22(29-21)26(32)30-13-12-28-25(31)23(30)15-17-4-2-5-19(14-17)18-8-10-27-11-9-18/h2-11,14,16,23,29H,12-13,15H2,1H3,(H,28,31)/t23-/m1/s1. The van der Waals surface area contributed by atoms with Gasteiger partial charge >= 0.3 is 0 Å². The first-order chi connectivity index (χ1) is 16.1. The molecular formula is C26H24N4O3. The van der Waals surface area contributed by atoms with Crippen LogP contribution in [-0.4, -0.2) is 52.9 Å². The molecule has 166 valence electrons. The zero-order chi connectivity index (χ0) is 22.8. The molecule has 7 nitrogen and oxygen atoms in total. The van der Waals surface area contributed by atoms with Crippen LogP contribution in [0.25, 0.3) is 22.0 Å². The average molecular weight is 441 g/mol. The normalized spacial score (nSPS) is 16.0. The highest BCUT2D eigenvalue weighted by atomic mass is 16.5. The van der Waals surface area contributed by atoms with E-state index in [9.17, 15) is 9.59 Å². The Morgan fingerprint density at radius 2 is 1.91 bits per heavy atom. The highest BCUT2D eigenvalue weighted by Crippen LogP contribution is 2.27. The van der Waals surface area contributed by atoms with Crippen LogP contribution in [0.5, 0.6) is 5.75 Å². The number of ether oxygens (including phenoxy) is 1. The fraction of sp³-hybridized carbons (Fsp3) is 0.192. The maximum atomic E-state index is 13.5. The smallest absolute Gasteiger partial charge is 0.271 e. The third kappa shape index (κ3) is 4.05. The molecule has 2 N–H and O–H groups in total. The maximum Gasteiger partial charge on any atom is 0.271 e. The molecule has 3 heterocycles. The van der Waals surface area contributed by atoms with Gasteiger partial charge in [-0.25, -0.2) is 0 Å². The summed E-state index contributed by atoms with van der Waals surface area (Å²) in [4.78, 5) is 35.2. The summed E-state index contributed by atoms with van der Waals surface area (Å²) < 4.78 is 5.42. The van der Waals surface area contributed by atoms with Gasteiger partial charge in [0.05, 0.1) is 7.11 Å². The number of fused-ring (bicyclic) bond motifs is 1. The fourth-order valence-corrected chi connectivity index (χ4v) is 4.38. The van der Waals surface area contributed by atoms with Gasteiger partial charge in [0.15, 0.2) is 0 Å². The van der Waals surface area contributed by atoms with E-state index in [-0.39, 0.29) is 11.8 Å². The molecule has 0 aliphatic carbocycles. The van der Waals surface area contributed by atoms with E-state index in [4.69, 9.17) is 4.74 Å². The Kier molecular flexibility index (Phi) is 5.52. The molecule has 0 spiro atoms. The van der Waals surface area contributed by atoms with Crippen molar-refractivity contribution in [2.75, 3.05) is 20.2 Å². The van der Waals surface area contributed by atoms with Crippen LogP contribution in [0.1, 0.15) is 16.1 Å². The van der Waals surface area contributed by atoms with Crippen LogP contribution in [0.4, 0.5) is 0 Å². The number of nitrogens with zero attached hydrogens (tertiary/aromatic N) is 2. The van der Waals surface area contributed by atoms with Gasteiger partial charge in [-0.3, -0.25) is 14.6 Å². The number of pyridine rings is 1. The number of carbonyl (C=O) groups excluding carboxylic acids is 2. The van der Waals surface area contributed by atoms with E-state index >= 15 is 0 Å². The Morgan fingerprint density at radius 3 is 2.73 bits per heavy atom. The van der Waals surface area contributed by atoms with Crippen molar-refractivity contribution in [3.63, 3.8) is 0 Å². The second-order valence-corrected chi connectivity index (χ2v) is 8.05. The summed E-state index contributed by atoms with van der Waals surface area (Å²) in [6.45, 7) is 0.882. The van der Waals surface area contributed by atoms with Crippen LogP contribution >= 0.6 is 0 Å². The lowest BCUT2D eigenvalue weighted by atomic mass is 9.98. The minimum absolute atomic E-state index is 0.141. The van der Waals surface area contributed by atoms with E-state index in [0.29, 0.717) is 31.0 Å². The average Bonchev–Trinajstić information content (AvgIpc) is 3.30. The predicted molar refractivity (Wildman–Crippen MR) is 126 cm³/mol. The first-order valence-corrected chi connectivity index (χ1v) is 10.9. The number of methoxy groups -OCH3 is 1. The number of aromatic nitrogens is 2. The molecule has 33 heavy (non-hydrogen) atoms. The molecule has 1 aliphatic heterocycles. The Morgan fingerprint density at radius 1 is 1.09 bits per heavy atom. The number of piperazine rings is 1. The highest BCUT2D eigenvalue weighted by molar-refractivity contribution is 6.02. The number of nitrogens with one attached hydrogen (secondary N) is 2. The lowest BCUT2D eigenvalue weighted by Crippen LogP contribution is -2.58. The molecule has 0 bridgehead atoms. The summed E-state index contributed by atoms with van der Waals surface area (Å²) >= 11 is 0. The van der Waals surface area contributed by atoms with Gasteiger partial charge in [-0.2, -0.15) is 0 Å². The van der Waals surface area contributed by atoms with Crippen molar-refractivity contribution in [2.24, 2.45) is 0 Å². The van der Waals surface area contributed by atoms with Crippen LogP contribution in [0.15, 0.2) is 73.1 Å². The van der Waals surface area contributed by atoms with Crippen LogP contribution in [0.2, 0.25) is 0 Å². The van der Waals surface area contributed by atoms with Crippen molar-refractivity contribution >= 4 is 22.7 Å². The Hall–Kier alpha value is -4.13. The maximum absolute atomic E-state index is 13.5. The molecular weight excluding hydrogens is 416 g/mol. The SMILES string of the molecule is COc1cccc2[nH]c(C(=O)N3CCNC(=O)[C@H]3Cc3cccc(-c4ccncc4)c3)cc12. The first-order valence-electron chi connectivity index (χ1n) is 10.9. The Labute approximate surface area is 191 Å². The number of amides is 2. The van der Waals surface area contributed by atoms with Crippen molar-refractivity contribution < 1.29 is 14.3 Å². The third-order valence-corrected chi connectivity index (χ3v) is 6.04. The molecule has 0 unspecified atom stereocenters. The van der Waals surface area contributed by atoms with Crippen molar-refractivity contribution in [1.29, 1.82) is 0 Å². The van der Waals surface area contributed by atoms with Crippen molar-refractivity contribution in [1.82, 2.24) is 20.2 Å². The molecule has 7 heteroatoms. The van der Waals surface area contributed by atoms with Crippen molar-refractivity contribution in [3.8, 4) is 16.9 Å². The van der Waals surface area contributed by atoms with E-state index in [0.717, 1.165) is 27.6 Å². The van der Waals surface area contributed by atoms with E-state index in [1.807, 2.05) is 48.5 Å². The molecule has 2 amide bonds. The number of aromatic amines is 1. The molecule has 2 aromatic carbocycles. The molecule has 2 aromatic heterocycles. The summed E-state index contributed by atoms with van der Waals surface area (Å²) in [5, 5.41) is 3.75. The lowest BCUT2D eigenvalue weighted by Gasteiger charge is -2.35. The fourth-order valence-electron chi connectivity index (χ4n) is 4.38. The number of hydrogen-bond donors (Lipinski definition) is 2. The number of hydrogen-bond acceptors (Lipinski definition) is 4. The van der Waals surface area contributed by atoms with E-state index in [1.165, 1.54) is 0 Å². The zero-order valence-corrected chi connectivity index (χ0v) is 18.2. The van der Waals surface area contributed by atoms with Gasteiger partial charge in [-0.15, -0.1) is 0 Å². The molecule has 5 rings (SSSR count). The number of carbonyl (C=O) groups is 2. The third-order valence-electron chi connectivity index (χ3n) is 6.04. The second-order valence-electron chi connectivity index (χ2n) is 8.05. The van der Waals surface area contributed by atoms with Gasteiger partial charge in [-0.05, 0) is 47.0 Å². The van der Waals surface area contributed by atoms with Gasteiger partial charge in [0.1, 0.15) is 17.5 Å². The summed E-state index contributed by atoms with van der Waals surface area (Å²) in [7, 11) is 1.61. The molecule has 1 saturated heterocycles. The summed E-state index contributed by atoms with van der Waals surface area (Å²) in [6.07, 6.45) is 3.94. The topological polar surface area (TPSA) is 87.3 Å². The van der Waals surface area contributed by atoms with Crippen LogP contribution in [0.3, 0.4) is 0 Å². The minimum atomic E-state index is -0.591. The second kappa shape index (κ2) is 8.78. The monoisotopic (exact) mass is 440 g/mol. The number of rotatable bonds is 5. The molecule has 1 atom stereocenters.